The molecular formula is C18H28N4O3. The van der Waals surface area contributed by atoms with E-state index in [1.165, 1.54) is 7.11 Å². The molecule has 1 aromatic heterocycles. The van der Waals surface area contributed by atoms with Crippen molar-refractivity contribution >= 4 is 17.7 Å². The van der Waals surface area contributed by atoms with Crippen LogP contribution < -0.4 is 10.2 Å². The summed E-state index contributed by atoms with van der Waals surface area (Å²) in [6.07, 6.45) is 2.58. The molecule has 138 valence electrons. The Morgan fingerprint density at radius 3 is 2.56 bits per heavy atom. The van der Waals surface area contributed by atoms with E-state index >= 15 is 0 Å². The number of pyridine rings is 1. The molecule has 1 N–H and O–H groups in total. The summed E-state index contributed by atoms with van der Waals surface area (Å²) in [4.78, 5) is 32.9. The van der Waals surface area contributed by atoms with E-state index in [-0.39, 0.29) is 17.8 Å². The van der Waals surface area contributed by atoms with Crippen molar-refractivity contribution in [2.24, 2.45) is 5.92 Å². The SMILES string of the molecule is CC[C@@H](C)[C@@H](NC(=O)CN1CCN(c2ccccn2)CC1)C(=O)OC. The second kappa shape index (κ2) is 9.36. The standard InChI is InChI=1S/C18H28N4O3/c1-4-14(2)17(18(24)25-3)20-16(23)13-21-9-11-22(12-10-21)15-7-5-6-8-19-15/h5-8,14,17H,4,9-13H2,1-3H3,(H,20,23)/t14-,17-/m1/s1. The van der Waals surface area contributed by atoms with Crippen LogP contribution in [0.3, 0.4) is 0 Å². The third-order valence-electron chi connectivity index (χ3n) is 4.70. The van der Waals surface area contributed by atoms with Crippen LogP contribution in [-0.2, 0) is 14.3 Å². The fraction of sp³-hybridized carbons (Fsp3) is 0.611. The Labute approximate surface area is 149 Å². The first-order valence-corrected chi connectivity index (χ1v) is 8.80. The van der Waals surface area contributed by atoms with Crippen molar-refractivity contribution in [1.29, 1.82) is 0 Å². The Kier molecular flexibility index (Phi) is 7.18. The van der Waals surface area contributed by atoms with E-state index in [4.69, 9.17) is 4.74 Å². The second-order valence-electron chi connectivity index (χ2n) is 6.41. The lowest BCUT2D eigenvalue weighted by Gasteiger charge is -2.35. The van der Waals surface area contributed by atoms with Gasteiger partial charge in [-0.05, 0) is 18.1 Å². The quantitative estimate of drug-likeness (QED) is 0.738. The summed E-state index contributed by atoms with van der Waals surface area (Å²) in [5.41, 5.74) is 0. The van der Waals surface area contributed by atoms with Gasteiger partial charge >= 0.3 is 5.97 Å². The van der Waals surface area contributed by atoms with Crippen LogP contribution in [-0.4, -0.2) is 67.6 Å². The molecule has 1 aliphatic rings. The molecule has 1 amide bonds. The Balaban J connectivity index is 1.82. The second-order valence-corrected chi connectivity index (χ2v) is 6.41. The third kappa shape index (κ3) is 5.42. The zero-order chi connectivity index (χ0) is 18.2. The van der Waals surface area contributed by atoms with Gasteiger partial charge in [0, 0.05) is 32.4 Å². The maximum atomic E-state index is 12.3. The molecule has 2 atom stereocenters. The van der Waals surface area contributed by atoms with Crippen molar-refractivity contribution in [3.63, 3.8) is 0 Å². The highest BCUT2D eigenvalue weighted by molar-refractivity contribution is 5.85. The first-order valence-electron chi connectivity index (χ1n) is 8.80. The first-order chi connectivity index (χ1) is 12.0. The number of carbonyl (C=O) groups excluding carboxylic acids is 2. The molecule has 0 bridgehead atoms. The molecule has 0 aliphatic carbocycles. The number of esters is 1. The summed E-state index contributed by atoms with van der Waals surface area (Å²) in [5.74, 6) is 0.483. The highest BCUT2D eigenvalue weighted by Crippen LogP contribution is 2.13. The van der Waals surface area contributed by atoms with Gasteiger partial charge in [0.05, 0.1) is 13.7 Å². The highest BCUT2D eigenvalue weighted by Gasteiger charge is 2.28. The van der Waals surface area contributed by atoms with E-state index in [0.717, 1.165) is 38.4 Å². The number of piperazine rings is 1. The number of amides is 1. The number of nitrogens with zero attached hydrogens (tertiary/aromatic N) is 3. The summed E-state index contributed by atoms with van der Waals surface area (Å²) < 4.78 is 4.81. The minimum Gasteiger partial charge on any atom is -0.467 e. The van der Waals surface area contributed by atoms with Gasteiger partial charge in [-0.25, -0.2) is 9.78 Å². The fourth-order valence-electron chi connectivity index (χ4n) is 2.89. The molecule has 25 heavy (non-hydrogen) atoms. The largest absolute Gasteiger partial charge is 0.467 e. The Morgan fingerprint density at radius 2 is 2.00 bits per heavy atom. The van der Waals surface area contributed by atoms with Gasteiger partial charge < -0.3 is 15.0 Å². The molecule has 1 aromatic rings. The van der Waals surface area contributed by atoms with Gasteiger partial charge in [0.15, 0.2) is 0 Å². The van der Waals surface area contributed by atoms with Gasteiger partial charge in [0.1, 0.15) is 11.9 Å². The number of carbonyl (C=O) groups is 2. The molecule has 0 aromatic carbocycles. The van der Waals surface area contributed by atoms with Crippen molar-refractivity contribution in [2.45, 2.75) is 26.3 Å². The number of rotatable bonds is 7. The molecule has 2 heterocycles. The van der Waals surface area contributed by atoms with Crippen molar-refractivity contribution < 1.29 is 14.3 Å². The first kappa shape index (κ1) is 19.2. The minimum absolute atomic E-state index is 0.0393. The normalized spacial score (nSPS) is 17.6. The summed E-state index contributed by atoms with van der Waals surface area (Å²) in [6.45, 7) is 7.45. The van der Waals surface area contributed by atoms with Crippen LogP contribution in [0.5, 0.6) is 0 Å². The van der Waals surface area contributed by atoms with Gasteiger partial charge in [0.25, 0.3) is 0 Å². The zero-order valence-corrected chi connectivity index (χ0v) is 15.3. The zero-order valence-electron chi connectivity index (χ0n) is 15.3. The highest BCUT2D eigenvalue weighted by atomic mass is 16.5. The van der Waals surface area contributed by atoms with Gasteiger partial charge in [-0.2, -0.15) is 0 Å². The fourth-order valence-corrected chi connectivity index (χ4v) is 2.89. The van der Waals surface area contributed by atoms with E-state index in [2.05, 4.69) is 20.1 Å². The molecule has 0 saturated carbocycles. The van der Waals surface area contributed by atoms with Crippen LogP contribution >= 0.6 is 0 Å². The smallest absolute Gasteiger partial charge is 0.328 e. The van der Waals surface area contributed by atoms with Gasteiger partial charge in [-0.15, -0.1) is 0 Å². The van der Waals surface area contributed by atoms with Crippen LogP contribution in [0.2, 0.25) is 0 Å². The number of methoxy groups -OCH3 is 1. The van der Waals surface area contributed by atoms with E-state index < -0.39 is 6.04 Å². The molecular weight excluding hydrogens is 320 g/mol. The molecule has 7 nitrogen and oxygen atoms in total. The number of ether oxygens (including phenoxy) is 1. The van der Waals surface area contributed by atoms with Crippen LogP contribution in [0, 0.1) is 5.92 Å². The number of hydrogen-bond donors (Lipinski definition) is 1. The summed E-state index contributed by atoms with van der Waals surface area (Å²) >= 11 is 0. The van der Waals surface area contributed by atoms with Crippen LogP contribution in [0.15, 0.2) is 24.4 Å². The van der Waals surface area contributed by atoms with Crippen LogP contribution in [0.1, 0.15) is 20.3 Å². The summed E-state index contributed by atoms with van der Waals surface area (Å²) in [6, 6.07) is 5.29. The average molecular weight is 348 g/mol. The van der Waals surface area contributed by atoms with Gasteiger partial charge in [0.2, 0.25) is 5.91 Å². The van der Waals surface area contributed by atoms with E-state index in [0.29, 0.717) is 6.54 Å². The van der Waals surface area contributed by atoms with Crippen molar-refractivity contribution in [2.75, 3.05) is 44.7 Å². The third-order valence-corrected chi connectivity index (χ3v) is 4.70. The van der Waals surface area contributed by atoms with Gasteiger partial charge in [-0.1, -0.05) is 26.3 Å². The van der Waals surface area contributed by atoms with Crippen molar-refractivity contribution in [1.82, 2.24) is 15.2 Å². The predicted octanol–water partition coefficient (Wildman–Crippen LogP) is 0.908. The lowest BCUT2D eigenvalue weighted by molar-refractivity contribution is -0.146. The minimum atomic E-state index is -0.586. The monoisotopic (exact) mass is 348 g/mol. The molecule has 0 spiro atoms. The average Bonchev–Trinajstić information content (AvgIpc) is 2.66. The van der Waals surface area contributed by atoms with Crippen molar-refractivity contribution in [3.05, 3.63) is 24.4 Å². The Hall–Kier alpha value is -2.15. The number of hydrogen-bond acceptors (Lipinski definition) is 6. The van der Waals surface area contributed by atoms with E-state index in [1.807, 2.05) is 32.0 Å². The molecule has 7 heteroatoms. The number of aromatic nitrogens is 1. The molecule has 0 unspecified atom stereocenters. The molecule has 1 saturated heterocycles. The molecule has 2 rings (SSSR count). The Bertz CT molecular complexity index is 559. The molecule has 1 fully saturated rings. The maximum Gasteiger partial charge on any atom is 0.328 e. The number of nitrogens with one attached hydrogen (secondary N) is 1. The van der Waals surface area contributed by atoms with E-state index in [1.54, 1.807) is 6.20 Å². The molecule has 0 radical (unpaired) electrons. The summed E-state index contributed by atoms with van der Waals surface area (Å²) in [7, 11) is 1.35. The number of anilines is 1. The lowest BCUT2D eigenvalue weighted by atomic mass is 9.99. The Morgan fingerprint density at radius 1 is 1.28 bits per heavy atom. The lowest BCUT2D eigenvalue weighted by Crippen LogP contribution is -2.52. The van der Waals surface area contributed by atoms with Gasteiger partial charge in [-0.3, -0.25) is 9.69 Å². The van der Waals surface area contributed by atoms with Crippen molar-refractivity contribution in [3.8, 4) is 0 Å². The van der Waals surface area contributed by atoms with E-state index in [9.17, 15) is 9.59 Å². The molecule has 1 aliphatic heterocycles. The van der Waals surface area contributed by atoms with Crippen LogP contribution in [0.25, 0.3) is 0 Å². The summed E-state index contributed by atoms with van der Waals surface area (Å²) in [5, 5.41) is 2.83. The predicted molar refractivity (Wildman–Crippen MR) is 96.3 cm³/mol. The topological polar surface area (TPSA) is 74.8 Å². The van der Waals surface area contributed by atoms with Crippen LogP contribution in [0.4, 0.5) is 5.82 Å². The maximum absolute atomic E-state index is 12.3.